The summed E-state index contributed by atoms with van der Waals surface area (Å²) < 4.78 is 39.7. The largest absolute Gasteiger partial charge is 0.574 e. The summed E-state index contributed by atoms with van der Waals surface area (Å²) in [5, 5.41) is 8.97. The van der Waals surface area contributed by atoms with Crippen molar-refractivity contribution in [1.29, 1.82) is 0 Å². The molecule has 0 atom stereocenters. The fourth-order valence-electron chi connectivity index (χ4n) is 1.02. The molecule has 1 aromatic rings. The summed E-state index contributed by atoms with van der Waals surface area (Å²) in [4.78, 5) is 3.59. The molecule has 1 rings (SSSR count). The molecular weight excluding hydrogens is 361 g/mol. The Kier molecular flexibility index (Phi) is 4.62. The smallest absolute Gasteiger partial charge is 0.392 e. The third-order valence-corrected chi connectivity index (χ3v) is 2.83. The lowest BCUT2D eigenvalue weighted by atomic mass is 10.2. The van der Waals surface area contributed by atoms with E-state index < -0.39 is 18.8 Å². The van der Waals surface area contributed by atoms with Crippen LogP contribution in [0, 0.1) is 3.70 Å². The van der Waals surface area contributed by atoms with E-state index in [0.29, 0.717) is 5.56 Å². The van der Waals surface area contributed by atoms with E-state index in [1.807, 2.05) is 0 Å². The fraction of sp³-hybridized carbons (Fsp3) is 0.375. The van der Waals surface area contributed by atoms with E-state index >= 15 is 0 Å². The number of aliphatic hydroxyl groups excluding tert-OH is 1. The molecule has 0 saturated heterocycles. The molecule has 0 amide bonds. The normalized spacial score (nSPS) is 11.6. The summed E-state index contributed by atoms with van der Waals surface area (Å²) in [6.07, 6.45) is -4.80. The fourth-order valence-corrected chi connectivity index (χ4v) is 2.32. The minimum Gasteiger partial charge on any atom is -0.392 e. The van der Waals surface area contributed by atoms with E-state index in [0.717, 1.165) is 6.07 Å². The van der Waals surface area contributed by atoms with Gasteiger partial charge < -0.3 is 9.84 Å². The molecule has 1 heterocycles. The maximum atomic E-state index is 11.9. The van der Waals surface area contributed by atoms with Crippen molar-refractivity contribution in [2.75, 3.05) is 0 Å². The number of alkyl halides is 4. The summed E-state index contributed by atoms with van der Waals surface area (Å²) in [6, 6.07) is 1.02. The molecule has 16 heavy (non-hydrogen) atoms. The Balaban J connectivity index is 3.10. The van der Waals surface area contributed by atoms with E-state index in [4.69, 9.17) is 16.7 Å². The van der Waals surface area contributed by atoms with Crippen LogP contribution in [-0.4, -0.2) is 16.5 Å². The minimum atomic E-state index is -4.80. The molecule has 0 unspecified atom stereocenters. The Bertz CT molecular complexity index is 386. The maximum Gasteiger partial charge on any atom is 0.574 e. The monoisotopic (exact) mass is 367 g/mol. The van der Waals surface area contributed by atoms with E-state index in [2.05, 4.69) is 9.72 Å². The third kappa shape index (κ3) is 3.63. The molecule has 0 spiro atoms. The summed E-state index contributed by atoms with van der Waals surface area (Å²) >= 11 is 7.32. The van der Waals surface area contributed by atoms with Gasteiger partial charge in [-0.2, -0.15) is 0 Å². The highest BCUT2D eigenvalue weighted by molar-refractivity contribution is 14.1. The third-order valence-electron chi connectivity index (χ3n) is 1.67. The van der Waals surface area contributed by atoms with Gasteiger partial charge in [-0.05, 0) is 28.2 Å². The number of hydrogen-bond donors (Lipinski definition) is 1. The molecule has 0 aliphatic carbocycles. The second-order valence-electron chi connectivity index (χ2n) is 2.73. The molecule has 1 aromatic heterocycles. The first-order valence-corrected chi connectivity index (χ1v) is 5.59. The van der Waals surface area contributed by atoms with E-state index in [9.17, 15) is 13.2 Å². The lowest BCUT2D eigenvalue weighted by Crippen LogP contribution is -2.18. The van der Waals surface area contributed by atoms with Gasteiger partial charge in [0.2, 0.25) is 5.88 Å². The van der Waals surface area contributed by atoms with Crippen LogP contribution in [0.25, 0.3) is 0 Å². The molecule has 0 bridgehead atoms. The quantitative estimate of drug-likeness (QED) is 0.507. The second kappa shape index (κ2) is 5.37. The van der Waals surface area contributed by atoms with E-state index in [-0.39, 0.29) is 15.1 Å². The van der Waals surface area contributed by atoms with Gasteiger partial charge in [0.1, 0.15) is 3.70 Å². The van der Waals surface area contributed by atoms with Crippen LogP contribution in [-0.2, 0) is 12.5 Å². The van der Waals surface area contributed by atoms with Gasteiger partial charge in [-0.25, -0.2) is 4.98 Å². The summed E-state index contributed by atoms with van der Waals surface area (Å²) in [6.45, 7) is -0.422. The number of halogens is 5. The Morgan fingerprint density at radius 2 is 2.12 bits per heavy atom. The van der Waals surface area contributed by atoms with E-state index in [1.165, 1.54) is 0 Å². The number of ether oxygens (including phenoxy) is 1. The van der Waals surface area contributed by atoms with Crippen LogP contribution in [0.5, 0.6) is 5.88 Å². The molecule has 0 aliphatic heterocycles. The molecule has 0 saturated carbocycles. The summed E-state index contributed by atoms with van der Waals surface area (Å²) in [5.41, 5.74) is 0.771. The van der Waals surface area contributed by atoms with Gasteiger partial charge in [-0.1, -0.05) is 0 Å². The molecule has 0 fully saturated rings. The van der Waals surface area contributed by atoms with Crippen molar-refractivity contribution in [3.05, 3.63) is 20.9 Å². The van der Waals surface area contributed by atoms with Crippen LogP contribution in [0.3, 0.4) is 0 Å². The first-order chi connectivity index (χ1) is 7.37. The molecule has 90 valence electrons. The second-order valence-corrected chi connectivity index (χ2v) is 4.02. The standard InChI is InChI=1S/C8H6ClF3INO2/c9-2-5-4(3-15)1-6(14-7(5)13)16-8(10,11)12/h1,15H,2-3H2. The Morgan fingerprint density at radius 3 is 2.56 bits per heavy atom. The topological polar surface area (TPSA) is 42.4 Å². The zero-order valence-electron chi connectivity index (χ0n) is 7.68. The number of rotatable bonds is 3. The zero-order chi connectivity index (χ0) is 12.3. The molecule has 0 aliphatic rings. The van der Waals surface area contributed by atoms with Gasteiger partial charge in [0, 0.05) is 11.6 Å². The molecular formula is C8H6ClF3INO2. The highest BCUT2D eigenvalue weighted by Gasteiger charge is 2.32. The van der Waals surface area contributed by atoms with Crippen molar-refractivity contribution in [1.82, 2.24) is 4.98 Å². The number of aromatic nitrogens is 1. The molecule has 1 N–H and O–H groups in total. The predicted molar refractivity (Wildman–Crippen MR) is 59.1 cm³/mol. The van der Waals surface area contributed by atoms with Crippen LogP contribution in [0.1, 0.15) is 11.1 Å². The molecule has 8 heteroatoms. The number of nitrogens with zero attached hydrogens (tertiary/aromatic N) is 1. The maximum absolute atomic E-state index is 11.9. The SMILES string of the molecule is OCc1cc(OC(F)(F)F)nc(I)c1CCl. The van der Waals surface area contributed by atoms with Crippen LogP contribution < -0.4 is 4.74 Å². The van der Waals surface area contributed by atoms with Crippen molar-refractivity contribution in [2.45, 2.75) is 18.8 Å². The van der Waals surface area contributed by atoms with Gasteiger partial charge in [-0.15, -0.1) is 24.8 Å². The summed E-state index contributed by atoms with van der Waals surface area (Å²) in [5.74, 6) is -0.539. The lowest BCUT2D eigenvalue weighted by Gasteiger charge is -2.12. The van der Waals surface area contributed by atoms with Crippen LogP contribution in [0.4, 0.5) is 13.2 Å². The van der Waals surface area contributed by atoms with Crippen molar-refractivity contribution >= 4 is 34.2 Å². The Hall–Kier alpha value is -0.280. The van der Waals surface area contributed by atoms with Gasteiger partial charge in [-0.3, -0.25) is 0 Å². The average molecular weight is 367 g/mol. The average Bonchev–Trinajstić information content (AvgIpc) is 2.14. The highest BCUT2D eigenvalue weighted by Crippen LogP contribution is 2.26. The molecule has 0 radical (unpaired) electrons. The van der Waals surface area contributed by atoms with Gasteiger partial charge in [0.15, 0.2) is 0 Å². The number of hydrogen-bond acceptors (Lipinski definition) is 3. The first-order valence-electron chi connectivity index (χ1n) is 3.98. The lowest BCUT2D eigenvalue weighted by molar-refractivity contribution is -0.276. The van der Waals surface area contributed by atoms with Crippen LogP contribution >= 0.6 is 34.2 Å². The van der Waals surface area contributed by atoms with Crippen molar-refractivity contribution in [2.24, 2.45) is 0 Å². The minimum absolute atomic E-state index is 0.0630. The Morgan fingerprint density at radius 1 is 1.50 bits per heavy atom. The van der Waals surface area contributed by atoms with Gasteiger partial charge in [0.25, 0.3) is 0 Å². The van der Waals surface area contributed by atoms with Crippen molar-refractivity contribution in [3.63, 3.8) is 0 Å². The number of pyridine rings is 1. The number of aliphatic hydroxyl groups is 1. The molecule has 3 nitrogen and oxygen atoms in total. The summed E-state index contributed by atoms with van der Waals surface area (Å²) in [7, 11) is 0. The van der Waals surface area contributed by atoms with Crippen molar-refractivity contribution < 1.29 is 23.0 Å². The van der Waals surface area contributed by atoms with Gasteiger partial charge in [0.05, 0.1) is 12.5 Å². The zero-order valence-corrected chi connectivity index (χ0v) is 10.6. The van der Waals surface area contributed by atoms with E-state index in [1.54, 1.807) is 22.6 Å². The Labute approximate surface area is 108 Å². The van der Waals surface area contributed by atoms with Crippen molar-refractivity contribution in [3.8, 4) is 5.88 Å². The predicted octanol–water partition coefficient (Wildman–Crippen LogP) is 2.82. The van der Waals surface area contributed by atoms with Gasteiger partial charge >= 0.3 is 6.36 Å². The highest BCUT2D eigenvalue weighted by atomic mass is 127. The van der Waals surface area contributed by atoms with Crippen LogP contribution in [0.2, 0.25) is 0 Å². The van der Waals surface area contributed by atoms with Crippen LogP contribution in [0.15, 0.2) is 6.07 Å². The first kappa shape index (κ1) is 13.8. The molecule has 0 aromatic carbocycles.